The third-order valence-corrected chi connectivity index (χ3v) is 3.22. The number of hydrogen-bond donors (Lipinski definition) is 0. The summed E-state index contributed by atoms with van der Waals surface area (Å²) in [4.78, 5) is 0. The summed E-state index contributed by atoms with van der Waals surface area (Å²) in [6.07, 6.45) is 3.29. The average Bonchev–Trinajstić information content (AvgIpc) is 2.31. The zero-order valence-electron chi connectivity index (χ0n) is 8.56. The van der Waals surface area contributed by atoms with Gasteiger partial charge in [-0.05, 0) is 24.8 Å². The Morgan fingerprint density at radius 3 is 2.73 bits per heavy atom. The van der Waals surface area contributed by atoms with E-state index in [0.29, 0.717) is 0 Å². The van der Waals surface area contributed by atoms with Gasteiger partial charge in [0.1, 0.15) is 5.01 Å². The van der Waals surface area contributed by atoms with E-state index >= 15 is 0 Å². The maximum absolute atomic E-state index is 5.77. The van der Waals surface area contributed by atoms with Gasteiger partial charge in [-0.1, -0.05) is 46.3 Å². The van der Waals surface area contributed by atoms with Crippen LogP contribution in [0.15, 0.2) is 30.3 Å². The molecule has 2 nitrogen and oxygen atoms in total. The SMILES string of the molecule is BrC(OC1CCCCO1)c1ccccc1. The van der Waals surface area contributed by atoms with Crippen LogP contribution in [0.4, 0.5) is 0 Å². The third-order valence-electron chi connectivity index (χ3n) is 2.47. The van der Waals surface area contributed by atoms with Gasteiger partial charge in [-0.2, -0.15) is 0 Å². The van der Waals surface area contributed by atoms with Crippen LogP contribution in [0.1, 0.15) is 29.8 Å². The number of ether oxygens (including phenoxy) is 2. The Morgan fingerprint density at radius 2 is 2.07 bits per heavy atom. The van der Waals surface area contributed by atoms with Gasteiger partial charge in [0.2, 0.25) is 0 Å². The molecule has 0 saturated carbocycles. The number of hydrogen-bond acceptors (Lipinski definition) is 2. The van der Waals surface area contributed by atoms with Gasteiger partial charge in [0.05, 0.1) is 0 Å². The molecule has 0 N–H and O–H groups in total. The molecule has 2 atom stereocenters. The molecule has 1 aliphatic rings. The standard InChI is InChI=1S/C12H15BrO2/c13-12(10-6-2-1-3-7-10)15-11-8-4-5-9-14-11/h1-3,6-7,11-12H,4-5,8-9H2. The molecular formula is C12H15BrO2. The highest BCUT2D eigenvalue weighted by Gasteiger charge is 2.18. The van der Waals surface area contributed by atoms with Gasteiger partial charge in [0, 0.05) is 6.61 Å². The minimum Gasteiger partial charge on any atom is -0.353 e. The van der Waals surface area contributed by atoms with Crippen LogP contribution in [-0.4, -0.2) is 12.9 Å². The summed E-state index contributed by atoms with van der Waals surface area (Å²) in [5.74, 6) is 0. The lowest BCUT2D eigenvalue weighted by atomic mass is 10.2. The van der Waals surface area contributed by atoms with Crippen molar-refractivity contribution in [2.75, 3.05) is 6.61 Å². The van der Waals surface area contributed by atoms with E-state index in [0.717, 1.165) is 25.0 Å². The zero-order chi connectivity index (χ0) is 10.5. The van der Waals surface area contributed by atoms with Crippen molar-refractivity contribution < 1.29 is 9.47 Å². The van der Waals surface area contributed by atoms with Crippen LogP contribution in [0.3, 0.4) is 0 Å². The van der Waals surface area contributed by atoms with Crippen molar-refractivity contribution >= 4 is 15.9 Å². The summed E-state index contributed by atoms with van der Waals surface area (Å²) >= 11 is 3.52. The summed E-state index contributed by atoms with van der Waals surface area (Å²) in [6.45, 7) is 0.819. The van der Waals surface area contributed by atoms with Gasteiger partial charge in [-0.3, -0.25) is 0 Å². The van der Waals surface area contributed by atoms with Crippen LogP contribution in [0.25, 0.3) is 0 Å². The van der Waals surface area contributed by atoms with E-state index < -0.39 is 0 Å². The molecule has 1 heterocycles. The smallest absolute Gasteiger partial charge is 0.159 e. The van der Waals surface area contributed by atoms with Gasteiger partial charge in [-0.25, -0.2) is 0 Å². The first kappa shape index (κ1) is 11.1. The number of alkyl halides is 1. The zero-order valence-corrected chi connectivity index (χ0v) is 10.2. The van der Waals surface area contributed by atoms with Gasteiger partial charge >= 0.3 is 0 Å². The van der Waals surface area contributed by atoms with E-state index in [1.54, 1.807) is 0 Å². The van der Waals surface area contributed by atoms with Gasteiger partial charge in [0.15, 0.2) is 6.29 Å². The average molecular weight is 271 g/mol. The van der Waals surface area contributed by atoms with Crippen molar-refractivity contribution in [3.05, 3.63) is 35.9 Å². The van der Waals surface area contributed by atoms with E-state index in [1.165, 1.54) is 6.42 Å². The normalized spacial score (nSPS) is 23.7. The molecule has 1 saturated heterocycles. The van der Waals surface area contributed by atoms with Crippen LogP contribution >= 0.6 is 15.9 Å². The van der Waals surface area contributed by atoms with Crippen LogP contribution in [-0.2, 0) is 9.47 Å². The highest BCUT2D eigenvalue weighted by molar-refractivity contribution is 9.09. The predicted octanol–water partition coefficient (Wildman–Crippen LogP) is 3.62. The van der Waals surface area contributed by atoms with Crippen LogP contribution in [0, 0.1) is 0 Å². The minimum absolute atomic E-state index is 0.0525. The molecule has 15 heavy (non-hydrogen) atoms. The fourth-order valence-corrected chi connectivity index (χ4v) is 2.18. The molecule has 3 heteroatoms. The van der Waals surface area contributed by atoms with Gasteiger partial charge in [-0.15, -0.1) is 0 Å². The third kappa shape index (κ3) is 3.30. The minimum atomic E-state index is -0.0678. The Morgan fingerprint density at radius 1 is 1.27 bits per heavy atom. The highest BCUT2D eigenvalue weighted by Crippen LogP contribution is 2.28. The molecule has 0 radical (unpaired) electrons. The van der Waals surface area contributed by atoms with Crippen LogP contribution in [0.5, 0.6) is 0 Å². The quantitative estimate of drug-likeness (QED) is 0.782. The number of halogens is 1. The Hall–Kier alpha value is -0.380. The lowest BCUT2D eigenvalue weighted by Gasteiger charge is -2.25. The fraction of sp³-hybridized carbons (Fsp3) is 0.500. The predicted molar refractivity (Wildman–Crippen MR) is 62.8 cm³/mol. The maximum Gasteiger partial charge on any atom is 0.159 e. The van der Waals surface area contributed by atoms with Crippen molar-refractivity contribution in [2.24, 2.45) is 0 Å². The molecular weight excluding hydrogens is 256 g/mol. The van der Waals surface area contributed by atoms with Gasteiger partial charge < -0.3 is 9.47 Å². The molecule has 1 aliphatic heterocycles. The van der Waals surface area contributed by atoms with E-state index in [4.69, 9.17) is 9.47 Å². The highest BCUT2D eigenvalue weighted by atomic mass is 79.9. The molecule has 0 amide bonds. The van der Waals surface area contributed by atoms with Crippen LogP contribution < -0.4 is 0 Å². The van der Waals surface area contributed by atoms with Crippen molar-refractivity contribution in [1.29, 1.82) is 0 Å². The largest absolute Gasteiger partial charge is 0.353 e. The Labute approximate surface area is 98.7 Å². The first-order valence-corrected chi connectivity index (χ1v) is 6.24. The molecule has 2 rings (SSSR count). The van der Waals surface area contributed by atoms with Crippen molar-refractivity contribution in [3.63, 3.8) is 0 Å². The summed E-state index contributed by atoms with van der Waals surface area (Å²) in [6, 6.07) is 10.1. The lowest BCUT2D eigenvalue weighted by Crippen LogP contribution is -2.22. The molecule has 0 spiro atoms. The van der Waals surface area contributed by atoms with Crippen molar-refractivity contribution in [1.82, 2.24) is 0 Å². The maximum atomic E-state index is 5.77. The molecule has 2 unspecified atom stereocenters. The second kappa shape index (κ2) is 5.64. The summed E-state index contributed by atoms with van der Waals surface area (Å²) in [7, 11) is 0. The number of rotatable bonds is 3. The fourth-order valence-electron chi connectivity index (χ4n) is 1.63. The monoisotopic (exact) mass is 270 g/mol. The molecule has 1 aromatic carbocycles. The Bertz CT molecular complexity index is 283. The van der Waals surface area contributed by atoms with E-state index in [1.807, 2.05) is 30.3 Å². The van der Waals surface area contributed by atoms with Crippen molar-refractivity contribution in [3.8, 4) is 0 Å². The van der Waals surface area contributed by atoms with Crippen molar-refractivity contribution in [2.45, 2.75) is 30.6 Å². The second-order valence-corrected chi connectivity index (χ2v) is 4.49. The summed E-state index contributed by atoms with van der Waals surface area (Å²) in [5.41, 5.74) is 1.13. The Balaban J connectivity index is 1.88. The molecule has 82 valence electrons. The van der Waals surface area contributed by atoms with E-state index in [2.05, 4.69) is 15.9 Å². The van der Waals surface area contributed by atoms with E-state index in [9.17, 15) is 0 Å². The van der Waals surface area contributed by atoms with Gasteiger partial charge in [0.25, 0.3) is 0 Å². The summed E-state index contributed by atoms with van der Waals surface area (Å²) in [5, 5.41) is -0.0678. The van der Waals surface area contributed by atoms with E-state index in [-0.39, 0.29) is 11.3 Å². The topological polar surface area (TPSA) is 18.5 Å². The second-order valence-electron chi connectivity index (χ2n) is 3.66. The first-order chi connectivity index (χ1) is 7.36. The molecule has 1 fully saturated rings. The number of benzene rings is 1. The molecule has 0 bridgehead atoms. The molecule has 0 aromatic heterocycles. The Kier molecular flexibility index (Phi) is 4.18. The molecule has 1 aromatic rings. The lowest BCUT2D eigenvalue weighted by molar-refractivity contribution is -0.169. The summed E-state index contributed by atoms with van der Waals surface area (Å²) < 4.78 is 11.3. The first-order valence-electron chi connectivity index (χ1n) is 5.32. The molecule has 0 aliphatic carbocycles. The van der Waals surface area contributed by atoms with Crippen LogP contribution in [0.2, 0.25) is 0 Å².